The summed E-state index contributed by atoms with van der Waals surface area (Å²) in [6, 6.07) is 16.2. The van der Waals surface area contributed by atoms with Gasteiger partial charge in [0.1, 0.15) is 24.2 Å². The maximum Gasteiger partial charge on any atom is 0.459 e. The van der Waals surface area contributed by atoms with Crippen LogP contribution in [0.1, 0.15) is 25.1 Å². The summed E-state index contributed by atoms with van der Waals surface area (Å²) in [5, 5.41) is 0. The topological polar surface area (TPSA) is 146 Å². The molecule has 0 saturated carbocycles. The number of hydrogen-bond donors (Lipinski definition) is 2. The van der Waals surface area contributed by atoms with E-state index in [-0.39, 0.29) is 18.2 Å². The van der Waals surface area contributed by atoms with Crippen LogP contribution in [0.25, 0.3) is 0 Å². The summed E-state index contributed by atoms with van der Waals surface area (Å²) in [5.74, 6) is -4.56. The summed E-state index contributed by atoms with van der Waals surface area (Å²) in [6.07, 6.45) is -3.30. The first kappa shape index (κ1) is 28.4. The van der Waals surface area contributed by atoms with E-state index in [4.69, 9.17) is 19.7 Å². The van der Waals surface area contributed by atoms with Crippen LogP contribution in [0, 0.1) is 0 Å². The highest BCUT2D eigenvalue weighted by Crippen LogP contribution is 2.50. The van der Waals surface area contributed by atoms with Gasteiger partial charge in [-0.1, -0.05) is 48.5 Å². The van der Waals surface area contributed by atoms with E-state index in [1.54, 1.807) is 48.5 Å². The monoisotopic (exact) mass is 564 g/mol. The number of carbonyl (C=O) groups excluding carboxylic acids is 1. The first-order valence-corrected chi connectivity index (χ1v) is 13.4. The van der Waals surface area contributed by atoms with E-state index in [9.17, 15) is 27.8 Å². The lowest BCUT2D eigenvalue weighted by molar-refractivity contribution is -0.150. The van der Waals surface area contributed by atoms with Gasteiger partial charge in [0, 0.05) is 19.2 Å². The van der Waals surface area contributed by atoms with Gasteiger partial charge in [-0.05, 0) is 30.7 Å². The Bertz CT molecular complexity index is 1390. The zero-order valence-corrected chi connectivity index (χ0v) is 21.7. The Kier molecular flexibility index (Phi) is 8.45. The molecule has 3 N–H and O–H groups in total. The molecular weight excluding hydrogens is 537 g/mol. The van der Waals surface area contributed by atoms with Crippen LogP contribution in [0.5, 0.6) is 5.75 Å². The number of rotatable bonds is 10. The van der Waals surface area contributed by atoms with Gasteiger partial charge in [-0.2, -0.15) is 9.65 Å². The van der Waals surface area contributed by atoms with Crippen LogP contribution in [0.15, 0.2) is 77.7 Å². The van der Waals surface area contributed by atoms with Crippen molar-refractivity contribution in [2.75, 3.05) is 12.3 Å². The fourth-order valence-electron chi connectivity index (χ4n) is 4.05. The Morgan fingerprint density at radius 1 is 1.23 bits per heavy atom. The quantitative estimate of drug-likeness (QED) is 0.278. The summed E-state index contributed by atoms with van der Waals surface area (Å²) >= 11 is 0. The highest BCUT2D eigenvalue weighted by Gasteiger charge is 2.54. The van der Waals surface area contributed by atoms with E-state index in [1.807, 2.05) is 0 Å². The predicted molar refractivity (Wildman–Crippen MR) is 136 cm³/mol. The van der Waals surface area contributed by atoms with Crippen molar-refractivity contribution in [3.63, 3.8) is 0 Å². The van der Waals surface area contributed by atoms with E-state index in [0.717, 1.165) is 10.9 Å². The number of nitrogen functional groups attached to an aromatic ring is 1. The van der Waals surface area contributed by atoms with E-state index in [1.165, 1.54) is 25.1 Å². The molecule has 1 fully saturated rings. The summed E-state index contributed by atoms with van der Waals surface area (Å²) in [6.45, 7) is 0.565. The molecule has 0 amide bonds. The molecule has 1 aromatic heterocycles. The number of ether oxygens (including phenoxy) is 2. The van der Waals surface area contributed by atoms with E-state index in [2.05, 4.69) is 4.98 Å². The van der Waals surface area contributed by atoms with Crippen molar-refractivity contribution in [2.24, 2.45) is 0 Å². The Hall–Kier alpha value is -3.64. The highest BCUT2D eigenvalue weighted by atomic mass is 31.2. The van der Waals surface area contributed by atoms with Crippen molar-refractivity contribution < 1.29 is 37.0 Å². The number of benzene rings is 2. The summed E-state index contributed by atoms with van der Waals surface area (Å²) in [7, 11) is -4.82. The molecular formula is C25H27F2N4O7P. The molecule has 1 aliphatic rings. The van der Waals surface area contributed by atoms with Crippen LogP contribution < -0.4 is 15.9 Å². The number of halogens is 2. The summed E-state index contributed by atoms with van der Waals surface area (Å²) in [4.78, 5) is 39.4. The van der Waals surface area contributed by atoms with Crippen LogP contribution in [0.4, 0.5) is 14.6 Å². The third kappa shape index (κ3) is 6.87. The predicted octanol–water partition coefficient (Wildman–Crippen LogP) is 3.36. The molecule has 1 aliphatic heterocycles. The lowest BCUT2D eigenvalue weighted by Crippen LogP contribution is -2.43. The molecule has 2 heterocycles. The maximum atomic E-state index is 15.0. The molecule has 14 heteroatoms. The van der Waals surface area contributed by atoms with Gasteiger partial charge < -0.3 is 24.6 Å². The second-order valence-electron chi connectivity index (χ2n) is 8.90. The lowest BCUT2D eigenvalue weighted by Gasteiger charge is -2.32. The molecule has 4 unspecified atom stereocenters. The fourth-order valence-corrected chi connectivity index (χ4v) is 5.47. The summed E-state index contributed by atoms with van der Waals surface area (Å²) in [5.41, 5.74) is 5.08. The second kappa shape index (κ2) is 11.6. The number of nitrogens with zero attached hydrogens (tertiary/aromatic N) is 3. The summed E-state index contributed by atoms with van der Waals surface area (Å²) < 4.78 is 60.8. The minimum Gasteiger partial charge on any atom is -0.460 e. The number of hydrogen-bond acceptors (Lipinski definition) is 8. The van der Waals surface area contributed by atoms with Crippen LogP contribution in [-0.2, 0) is 25.4 Å². The Morgan fingerprint density at radius 2 is 1.87 bits per heavy atom. The van der Waals surface area contributed by atoms with Gasteiger partial charge in [0.05, 0.1) is 6.10 Å². The molecule has 11 nitrogen and oxygen atoms in total. The van der Waals surface area contributed by atoms with Crippen LogP contribution in [0.2, 0.25) is 0 Å². The van der Waals surface area contributed by atoms with Gasteiger partial charge in [-0.3, -0.25) is 9.36 Å². The molecule has 39 heavy (non-hydrogen) atoms. The number of alkyl halides is 2. The van der Waals surface area contributed by atoms with Crippen molar-refractivity contribution in [1.29, 1.82) is 0 Å². The average Bonchev–Trinajstić information content (AvgIpc) is 3.19. The van der Waals surface area contributed by atoms with Crippen molar-refractivity contribution >= 4 is 19.5 Å². The van der Waals surface area contributed by atoms with Crippen molar-refractivity contribution in [1.82, 2.24) is 14.2 Å². The standard InChI is InChI=1S/C25H27F2N4O7P/c1-17(22(32)36-16-18-8-4-2-5-9-18)31(39(34,35)38-19-10-6-3-7-11-19)15-20-14-25(26,27)23(37-20)30-13-12-21(28)29-24(30)33/h2-13,17,20,23H,14-16H2,1H3,(H,34,35)(H2,28,29,33). The van der Waals surface area contributed by atoms with Crippen LogP contribution in [-0.4, -0.2) is 49.7 Å². The third-order valence-electron chi connectivity index (χ3n) is 5.98. The van der Waals surface area contributed by atoms with Crippen LogP contribution >= 0.6 is 7.75 Å². The largest absolute Gasteiger partial charge is 0.460 e. The minimum absolute atomic E-state index is 0.0215. The second-order valence-corrected chi connectivity index (χ2v) is 10.6. The molecule has 0 spiro atoms. The lowest BCUT2D eigenvalue weighted by atomic mass is 10.1. The van der Waals surface area contributed by atoms with Crippen molar-refractivity contribution in [2.45, 2.75) is 44.2 Å². The first-order chi connectivity index (χ1) is 18.5. The number of para-hydroxylation sites is 1. The first-order valence-electron chi connectivity index (χ1n) is 11.9. The maximum absolute atomic E-state index is 15.0. The Labute approximate surface area is 222 Å². The molecule has 208 valence electrons. The molecule has 4 atom stereocenters. The minimum atomic E-state index is -4.82. The number of carbonyl (C=O) groups is 1. The van der Waals surface area contributed by atoms with E-state index >= 15 is 0 Å². The molecule has 0 radical (unpaired) electrons. The van der Waals surface area contributed by atoms with Gasteiger partial charge in [-0.15, -0.1) is 0 Å². The van der Waals surface area contributed by atoms with E-state index < -0.39 is 56.7 Å². The number of anilines is 1. The molecule has 0 bridgehead atoms. The molecule has 0 aliphatic carbocycles. The molecule has 4 rings (SSSR count). The van der Waals surface area contributed by atoms with Crippen molar-refractivity contribution in [3.05, 3.63) is 89.0 Å². The SMILES string of the molecule is CC(C(=O)OCc1ccccc1)N(CC1CC(F)(F)C(n2ccc(N)nc2=O)O1)P(=O)(O)Oc1ccccc1. The Balaban J connectivity index is 1.57. The molecule has 3 aromatic rings. The zero-order valence-electron chi connectivity index (χ0n) is 20.8. The average molecular weight is 564 g/mol. The zero-order chi connectivity index (χ0) is 28.2. The van der Waals surface area contributed by atoms with Gasteiger partial charge in [0.15, 0.2) is 0 Å². The molecule has 1 saturated heterocycles. The third-order valence-corrected chi connectivity index (χ3v) is 7.59. The number of esters is 1. The Morgan fingerprint density at radius 3 is 2.51 bits per heavy atom. The highest BCUT2D eigenvalue weighted by molar-refractivity contribution is 7.50. The van der Waals surface area contributed by atoms with Gasteiger partial charge >= 0.3 is 19.4 Å². The van der Waals surface area contributed by atoms with Gasteiger partial charge in [0.2, 0.25) is 6.23 Å². The smallest absolute Gasteiger partial charge is 0.459 e. The number of nitrogens with two attached hydrogens (primary N) is 1. The normalized spacial score (nSPS) is 20.7. The number of aromatic nitrogens is 2. The van der Waals surface area contributed by atoms with Crippen LogP contribution in [0.3, 0.4) is 0 Å². The van der Waals surface area contributed by atoms with Crippen molar-refractivity contribution in [3.8, 4) is 5.75 Å². The van der Waals surface area contributed by atoms with Gasteiger partial charge in [0.25, 0.3) is 5.92 Å². The fraction of sp³-hybridized carbons (Fsp3) is 0.320. The van der Waals surface area contributed by atoms with E-state index in [0.29, 0.717) is 10.1 Å². The van der Waals surface area contributed by atoms with Gasteiger partial charge in [-0.25, -0.2) is 18.1 Å². The molecule has 2 aromatic carbocycles.